The molecule has 2 rings (SSSR count). The molecule has 2 fully saturated rings. The van der Waals surface area contributed by atoms with Crippen molar-refractivity contribution in [3.8, 4) is 0 Å². The lowest BCUT2D eigenvalue weighted by molar-refractivity contribution is -0.137. The van der Waals surface area contributed by atoms with Crippen molar-refractivity contribution in [3.05, 3.63) is 36.5 Å². The number of aliphatic hydroxyl groups excluding tert-OH is 1. The van der Waals surface area contributed by atoms with Crippen LogP contribution in [0.3, 0.4) is 0 Å². The molecule has 2 N–H and O–H groups in total. The Hall–Kier alpha value is -1.39. The Morgan fingerprint density at radius 1 is 1.28 bits per heavy atom. The molecule has 4 nitrogen and oxygen atoms in total. The van der Waals surface area contributed by atoms with Crippen molar-refractivity contribution >= 4 is 5.97 Å². The van der Waals surface area contributed by atoms with Gasteiger partial charge in [0.05, 0.1) is 18.8 Å². The number of carboxylic acid groups (broad SMARTS) is 1. The fraction of sp³-hybridized carbons (Fsp3) is 0.667. The minimum absolute atomic E-state index is 0.238. The molecule has 2 bridgehead atoms. The second-order valence-corrected chi connectivity index (χ2v) is 7.17. The number of fused-ring (bicyclic) bond motifs is 2. The second-order valence-electron chi connectivity index (χ2n) is 7.17. The first-order chi connectivity index (χ1) is 12.1. The third-order valence-corrected chi connectivity index (χ3v) is 5.26. The highest BCUT2D eigenvalue weighted by molar-refractivity contribution is 5.66. The van der Waals surface area contributed by atoms with Gasteiger partial charge in [-0.2, -0.15) is 0 Å². The van der Waals surface area contributed by atoms with Crippen LogP contribution in [0.1, 0.15) is 51.9 Å². The molecule has 140 valence electrons. The summed E-state index contributed by atoms with van der Waals surface area (Å²) in [5.41, 5.74) is 0. The van der Waals surface area contributed by atoms with Crippen LogP contribution in [0, 0.1) is 17.8 Å². The van der Waals surface area contributed by atoms with Crippen LogP contribution < -0.4 is 0 Å². The quantitative estimate of drug-likeness (QED) is 0.435. The first kappa shape index (κ1) is 19.9. The predicted octanol–water partition coefficient (Wildman–Crippen LogP) is 4.11. The zero-order chi connectivity index (χ0) is 18.1. The van der Waals surface area contributed by atoms with Gasteiger partial charge in [-0.1, -0.05) is 43.4 Å². The number of aliphatic hydroxyl groups is 1. The number of carboxylic acids is 1. The lowest BCUT2D eigenvalue weighted by atomic mass is 9.84. The third kappa shape index (κ3) is 6.44. The summed E-state index contributed by atoms with van der Waals surface area (Å²) in [6, 6.07) is 0. The Balaban J connectivity index is 1.81. The lowest BCUT2D eigenvalue weighted by Gasteiger charge is -2.28. The molecule has 5 unspecified atom stereocenters. The van der Waals surface area contributed by atoms with E-state index in [1.165, 1.54) is 0 Å². The van der Waals surface area contributed by atoms with Crippen molar-refractivity contribution in [3.63, 3.8) is 0 Å². The summed E-state index contributed by atoms with van der Waals surface area (Å²) in [4.78, 5) is 10.5. The fourth-order valence-electron chi connectivity index (χ4n) is 3.93. The van der Waals surface area contributed by atoms with E-state index in [9.17, 15) is 9.90 Å². The summed E-state index contributed by atoms with van der Waals surface area (Å²) in [5, 5.41) is 18.7. The molecule has 0 aromatic heterocycles. The van der Waals surface area contributed by atoms with E-state index in [0.29, 0.717) is 36.7 Å². The SMILES string of the molecule is CCC=CCC(O)C=CC1C2CC(CO2)C1CC=CCCCC(=O)O. The number of hydrogen-bond donors (Lipinski definition) is 2. The van der Waals surface area contributed by atoms with Crippen LogP contribution in [0.4, 0.5) is 0 Å². The average Bonchev–Trinajstić information content (AvgIpc) is 3.17. The predicted molar refractivity (Wildman–Crippen MR) is 99.3 cm³/mol. The minimum Gasteiger partial charge on any atom is -0.481 e. The van der Waals surface area contributed by atoms with Gasteiger partial charge in [-0.05, 0) is 50.4 Å². The lowest BCUT2D eigenvalue weighted by Crippen LogP contribution is -2.27. The van der Waals surface area contributed by atoms with E-state index < -0.39 is 12.1 Å². The van der Waals surface area contributed by atoms with Gasteiger partial charge in [0, 0.05) is 12.3 Å². The van der Waals surface area contributed by atoms with Crippen molar-refractivity contribution in [1.82, 2.24) is 0 Å². The summed E-state index contributed by atoms with van der Waals surface area (Å²) in [6.07, 6.45) is 18.0. The van der Waals surface area contributed by atoms with Gasteiger partial charge in [0.2, 0.25) is 0 Å². The summed E-state index contributed by atoms with van der Waals surface area (Å²) in [5.74, 6) is 0.841. The van der Waals surface area contributed by atoms with Crippen LogP contribution in [0.5, 0.6) is 0 Å². The molecule has 4 heteroatoms. The molecule has 1 aliphatic heterocycles. The van der Waals surface area contributed by atoms with E-state index in [2.05, 4.69) is 31.2 Å². The van der Waals surface area contributed by atoms with Crippen LogP contribution in [0.25, 0.3) is 0 Å². The normalized spacial score (nSPS) is 30.2. The van der Waals surface area contributed by atoms with E-state index in [0.717, 1.165) is 32.3 Å². The summed E-state index contributed by atoms with van der Waals surface area (Å²) < 4.78 is 5.86. The minimum atomic E-state index is -0.726. The molecule has 1 saturated heterocycles. The summed E-state index contributed by atoms with van der Waals surface area (Å²) in [7, 11) is 0. The molecular formula is C21H32O4. The smallest absolute Gasteiger partial charge is 0.303 e. The van der Waals surface area contributed by atoms with Crippen molar-refractivity contribution in [2.24, 2.45) is 17.8 Å². The van der Waals surface area contributed by atoms with Crippen molar-refractivity contribution in [2.45, 2.75) is 64.1 Å². The zero-order valence-corrected chi connectivity index (χ0v) is 15.2. The van der Waals surface area contributed by atoms with E-state index in [1.807, 2.05) is 12.2 Å². The van der Waals surface area contributed by atoms with Gasteiger partial charge in [0.15, 0.2) is 0 Å². The van der Waals surface area contributed by atoms with Gasteiger partial charge in [0.1, 0.15) is 0 Å². The van der Waals surface area contributed by atoms with Crippen LogP contribution >= 0.6 is 0 Å². The monoisotopic (exact) mass is 348 g/mol. The Kier molecular flexibility index (Phi) is 8.42. The fourth-order valence-corrected chi connectivity index (χ4v) is 3.93. The number of allylic oxidation sites excluding steroid dienone is 3. The van der Waals surface area contributed by atoms with E-state index in [1.54, 1.807) is 0 Å². The number of rotatable bonds is 11. The van der Waals surface area contributed by atoms with Crippen LogP contribution in [-0.4, -0.2) is 35.0 Å². The average molecular weight is 348 g/mol. The highest BCUT2D eigenvalue weighted by atomic mass is 16.5. The maximum atomic E-state index is 10.5. The molecule has 0 amide bonds. The highest BCUT2D eigenvalue weighted by Gasteiger charge is 2.46. The molecule has 0 aromatic rings. The molecule has 25 heavy (non-hydrogen) atoms. The van der Waals surface area contributed by atoms with Crippen LogP contribution in [0.15, 0.2) is 36.5 Å². The molecule has 0 aromatic carbocycles. The second kappa shape index (κ2) is 10.6. The van der Waals surface area contributed by atoms with Gasteiger partial charge in [-0.3, -0.25) is 4.79 Å². The summed E-state index contributed by atoms with van der Waals surface area (Å²) in [6.45, 7) is 2.94. The Morgan fingerprint density at radius 2 is 2.12 bits per heavy atom. The van der Waals surface area contributed by atoms with Gasteiger partial charge in [0.25, 0.3) is 0 Å². The zero-order valence-electron chi connectivity index (χ0n) is 15.2. The number of hydrogen-bond acceptors (Lipinski definition) is 3. The van der Waals surface area contributed by atoms with E-state index >= 15 is 0 Å². The Bertz CT molecular complexity index is 494. The van der Waals surface area contributed by atoms with Gasteiger partial charge >= 0.3 is 5.97 Å². The summed E-state index contributed by atoms with van der Waals surface area (Å²) >= 11 is 0. The molecule has 0 spiro atoms. The standard InChI is InChI=1S/C21H32O4/c1-2-3-6-9-17(22)12-13-19-18(16-14-20(19)25-15-16)10-7-4-5-8-11-21(23)24/h3-4,6-7,12-13,16-20,22H,2,5,8-11,14-15H2,1H3,(H,23,24). The molecule has 1 aliphatic carbocycles. The molecule has 2 aliphatic rings. The maximum absolute atomic E-state index is 10.5. The third-order valence-electron chi connectivity index (χ3n) is 5.26. The number of ether oxygens (including phenoxy) is 1. The number of carbonyl (C=O) groups is 1. The number of aliphatic carboxylic acids is 1. The van der Waals surface area contributed by atoms with E-state index in [4.69, 9.17) is 9.84 Å². The molecular weight excluding hydrogens is 316 g/mol. The van der Waals surface area contributed by atoms with Crippen molar-refractivity contribution < 1.29 is 19.7 Å². The molecule has 5 atom stereocenters. The van der Waals surface area contributed by atoms with Crippen LogP contribution in [0.2, 0.25) is 0 Å². The van der Waals surface area contributed by atoms with Crippen molar-refractivity contribution in [2.75, 3.05) is 6.61 Å². The molecule has 1 heterocycles. The van der Waals surface area contributed by atoms with Gasteiger partial charge in [-0.15, -0.1) is 0 Å². The first-order valence-electron chi connectivity index (χ1n) is 9.61. The van der Waals surface area contributed by atoms with Crippen LogP contribution in [-0.2, 0) is 9.53 Å². The molecule has 0 radical (unpaired) electrons. The van der Waals surface area contributed by atoms with E-state index in [-0.39, 0.29) is 6.42 Å². The highest BCUT2D eigenvalue weighted by Crippen LogP contribution is 2.47. The Morgan fingerprint density at radius 3 is 2.88 bits per heavy atom. The topological polar surface area (TPSA) is 66.8 Å². The maximum Gasteiger partial charge on any atom is 0.303 e. The van der Waals surface area contributed by atoms with Gasteiger partial charge < -0.3 is 14.9 Å². The first-order valence-corrected chi connectivity index (χ1v) is 9.61. The van der Waals surface area contributed by atoms with Crippen molar-refractivity contribution in [1.29, 1.82) is 0 Å². The van der Waals surface area contributed by atoms with Gasteiger partial charge in [-0.25, -0.2) is 0 Å². The largest absolute Gasteiger partial charge is 0.481 e. The number of unbranched alkanes of at least 4 members (excludes halogenated alkanes) is 1. The molecule has 1 saturated carbocycles. The Labute approximate surface area is 151 Å².